The molecule has 0 aliphatic carbocycles. The Labute approximate surface area is 123 Å². The van der Waals surface area contributed by atoms with E-state index >= 15 is 0 Å². The molecule has 1 aromatic carbocycles. The van der Waals surface area contributed by atoms with Crippen LogP contribution in [-0.4, -0.2) is 55.1 Å². The van der Waals surface area contributed by atoms with E-state index in [0.717, 1.165) is 32.0 Å². The van der Waals surface area contributed by atoms with Crippen LogP contribution in [0.3, 0.4) is 0 Å². The molecule has 0 bridgehead atoms. The van der Waals surface area contributed by atoms with E-state index in [0.29, 0.717) is 6.04 Å². The zero-order chi connectivity index (χ0) is 14.4. The summed E-state index contributed by atoms with van der Waals surface area (Å²) in [6, 6.07) is 11.2. The Hall–Kier alpha value is -0.900. The lowest BCUT2D eigenvalue weighted by Crippen LogP contribution is -2.53. The van der Waals surface area contributed by atoms with Crippen molar-refractivity contribution in [1.29, 1.82) is 0 Å². The minimum Gasteiger partial charge on any atom is -0.329 e. The lowest BCUT2D eigenvalue weighted by atomic mass is 10.0. The summed E-state index contributed by atoms with van der Waals surface area (Å²) in [5.41, 5.74) is 7.41. The van der Waals surface area contributed by atoms with Crippen LogP contribution in [0.4, 0.5) is 0 Å². The first-order valence-electron chi connectivity index (χ1n) is 7.89. The van der Waals surface area contributed by atoms with Crippen LogP contribution in [0.5, 0.6) is 0 Å². The third-order valence-corrected chi connectivity index (χ3v) is 4.13. The molecule has 0 saturated carbocycles. The van der Waals surface area contributed by atoms with Crippen molar-refractivity contribution < 1.29 is 0 Å². The predicted octanol–water partition coefficient (Wildman–Crippen LogP) is 1.83. The topological polar surface area (TPSA) is 32.5 Å². The van der Waals surface area contributed by atoms with Crippen molar-refractivity contribution in [1.82, 2.24) is 9.80 Å². The Bertz CT molecular complexity index is 369. The fourth-order valence-electron chi connectivity index (χ4n) is 3.08. The van der Waals surface area contributed by atoms with Gasteiger partial charge in [-0.2, -0.15) is 0 Å². The summed E-state index contributed by atoms with van der Waals surface area (Å²) in [4.78, 5) is 5.15. The summed E-state index contributed by atoms with van der Waals surface area (Å²) in [6.07, 6.45) is 1.07. The van der Waals surface area contributed by atoms with Gasteiger partial charge in [0.15, 0.2) is 0 Å². The molecule has 2 N–H and O–H groups in total. The van der Waals surface area contributed by atoms with E-state index in [1.54, 1.807) is 0 Å². The van der Waals surface area contributed by atoms with Crippen molar-refractivity contribution in [3.63, 3.8) is 0 Å². The molecule has 1 aliphatic heterocycles. The van der Waals surface area contributed by atoms with Crippen molar-refractivity contribution >= 4 is 0 Å². The molecule has 1 aromatic rings. The molecular formula is C17H29N3. The number of rotatable bonds is 6. The Kier molecular flexibility index (Phi) is 6.02. The fourth-order valence-corrected chi connectivity index (χ4v) is 3.08. The van der Waals surface area contributed by atoms with Gasteiger partial charge in [0.1, 0.15) is 0 Å². The van der Waals surface area contributed by atoms with Crippen molar-refractivity contribution in [3.8, 4) is 0 Å². The van der Waals surface area contributed by atoms with E-state index in [-0.39, 0.29) is 0 Å². The highest BCUT2D eigenvalue weighted by atomic mass is 15.3. The molecule has 112 valence electrons. The Morgan fingerprint density at radius 3 is 2.25 bits per heavy atom. The fraction of sp³-hybridized carbons (Fsp3) is 0.647. The van der Waals surface area contributed by atoms with Gasteiger partial charge < -0.3 is 10.6 Å². The average Bonchev–Trinajstić information content (AvgIpc) is 2.46. The quantitative estimate of drug-likeness (QED) is 0.860. The van der Waals surface area contributed by atoms with Crippen molar-refractivity contribution in [2.45, 2.75) is 26.3 Å². The third-order valence-electron chi connectivity index (χ3n) is 4.13. The maximum Gasteiger partial charge on any atom is 0.0259 e. The summed E-state index contributed by atoms with van der Waals surface area (Å²) in [5.74, 6) is 0.760. The van der Waals surface area contributed by atoms with Gasteiger partial charge in [0.25, 0.3) is 0 Å². The first-order chi connectivity index (χ1) is 9.69. The number of benzene rings is 1. The summed E-state index contributed by atoms with van der Waals surface area (Å²) in [5, 5.41) is 0. The van der Waals surface area contributed by atoms with Gasteiger partial charge in [-0.15, -0.1) is 0 Å². The molecule has 1 aliphatic rings. The zero-order valence-electron chi connectivity index (χ0n) is 13.0. The van der Waals surface area contributed by atoms with Gasteiger partial charge in [-0.3, -0.25) is 4.90 Å². The van der Waals surface area contributed by atoms with Gasteiger partial charge in [-0.05, 0) is 17.9 Å². The normalized spacial score (nSPS) is 19.4. The van der Waals surface area contributed by atoms with Crippen LogP contribution in [0.2, 0.25) is 0 Å². The second-order valence-corrected chi connectivity index (χ2v) is 6.31. The average molecular weight is 275 g/mol. The first kappa shape index (κ1) is 15.5. The van der Waals surface area contributed by atoms with Gasteiger partial charge >= 0.3 is 0 Å². The van der Waals surface area contributed by atoms with Gasteiger partial charge in [0.2, 0.25) is 0 Å². The highest BCUT2D eigenvalue weighted by Gasteiger charge is 2.23. The third kappa shape index (κ3) is 4.58. The smallest absolute Gasteiger partial charge is 0.0259 e. The molecule has 2 rings (SSSR count). The standard InChI is InChI=1S/C17H29N3/c1-15(2)14-19-8-10-20(11-9-19)17(13-18)12-16-6-4-3-5-7-16/h3-7,15,17H,8-14,18H2,1-2H3. The Morgan fingerprint density at radius 1 is 1.05 bits per heavy atom. The molecule has 1 fully saturated rings. The van der Waals surface area contributed by atoms with Crippen molar-refractivity contribution in [2.24, 2.45) is 11.7 Å². The van der Waals surface area contributed by atoms with E-state index < -0.39 is 0 Å². The number of hydrogen-bond donors (Lipinski definition) is 1. The van der Waals surface area contributed by atoms with E-state index in [1.165, 1.54) is 25.2 Å². The molecule has 0 aromatic heterocycles. The predicted molar refractivity (Wildman–Crippen MR) is 85.8 cm³/mol. The number of hydrogen-bond acceptors (Lipinski definition) is 3. The highest BCUT2D eigenvalue weighted by Crippen LogP contribution is 2.12. The van der Waals surface area contributed by atoms with Gasteiger partial charge in [-0.1, -0.05) is 44.2 Å². The highest BCUT2D eigenvalue weighted by molar-refractivity contribution is 5.16. The van der Waals surface area contributed by atoms with Crippen molar-refractivity contribution in [3.05, 3.63) is 35.9 Å². The van der Waals surface area contributed by atoms with Crippen LogP contribution < -0.4 is 5.73 Å². The number of nitrogens with two attached hydrogens (primary N) is 1. The van der Waals surface area contributed by atoms with E-state index in [4.69, 9.17) is 5.73 Å². The van der Waals surface area contributed by atoms with Gasteiger partial charge in [0.05, 0.1) is 0 Å². The first-order valence-corrected chi connectivity index (χ1v) is 7.89. The van der Waals surface area contributed by atoms with E-state index in [2.05, 4.69) is 54.0 Å². The second kappa shape index (κ2) is 7.77. The van der Waals surface area contributed by atoms with E-state index in [1.807, 2.05) is 0 Å². The molecule has 1 unspecified atom stereocenters. The zero-order valence-corrected chi connectivity index (χ0v) is 13.0. The minimum absolute atomic E-state index is 0.485. The molecule has 20 heavy (non-hydrogen) atoms. The summed E-state index contributed by atoms with van der Waals surface area (Å²) in [7, 11) is 0. The van der Waals surface area contributed by atoms with E-state index in [9.17, 15) is 0 Å². The molecule has 3 heteroatoms. The monoisotopic (exact) mass is 275 g/mol. The Morgan fingerprint density at radius 2 is 1.70 bits per heavy atom. The number of piperazine rings is 1. The van der Waals surface area contributed by atoms with Crippen molar-refractivity contribution in [2.75, 3.05) is 39.3 Å². The molecule has 3 nitrogen and oxygen atoms in total. The lowest BCUT2D eigenvalue weighted by Gasteiger charge is -2.39. The molecule has 1 saturated heterocycles. The van der Waals surface area contributed by atoms with Crippen LogP contribution in [0.15, 0.2) is 30.3 Å². The van der Waals surface area contributed by atoms with Crippen LogP contribution in [0.25, 0.3) is 0 Å². The SMILES string of the molecule is CC(C)CN1CCN(C(CN)Cc2ccccc2)CC1. The second-order valence-electron chi connectivity index (χ2n) is 6.31. The molecule has 0 spiro atoms. The van der Waals surface area contributed by atoms with Crippen LogP contribution in [0.1, 0.15) is 19.4 Å². The molecular weight excluding hydrogens is 246 g/mol. The largest absolute Gasteiger partial charge is 0.329 e. The van der Waals surface area contributed by atoms with Gasteiger partial charge in [-0.25, -0.2) is 0 Å². The van der Waals surface area contributed by atoms with Gasteiger partial charge in [0, 0.05) is 45.3 Å². The van der Waals surface area contributed by atoms with Crippen LogP contribution in [0, 0.1) is 5.92 Å². The summed E-state index contributed by atoms with van der Waals surface area (Å²) in [6.45, 7) is 11.2. The number of nitrogens with zero attached hydrogens (tertiary/aromatic N) is 2. The molecule has 0 radical (unpaired) electrons. The summed E-state index contributed by atoms with van der Waals surface area (Å²) < 4.78 is 0. The lowest BCUT2D eigenvalue weighted by molar-refractivity contribution is 0.0912. The minimum atomic E-state index is 0.485. The Balaban J connectivity index is 1.84. The van der Waals surface area contributed by atoms with Crippen LogP contribution >= 0.6 is 0 Å². The summed E-state index contributed by atoms with van der Waals surface area (Å²) >= 11 is 0. The van der Waals surface area contributed by atoms with Crippen LogP contribution in [-0.2, 0) is 6.42 Å². The molecule has 1 atom stereocenters. The molecule has 0 amide bonds. The molecule has 1 heterocycles. The maximum atomic E-state index is 6.01. The maximum absolute atomic E-state index is 6.01.